The van der Waals surface area contributed by atoms with Gasteiger partial charge in [0.2, 0.25) is 0 Å². The van der Waals surface area contributed by atoms with Crippen molar-refractivity contribution >= 4 is 5.97 Å². The summed E-state index contributed by atoms with van der Waals surface area (Å²) in [4.78, 5) is 12.1. The summed E-state index contributed by atoms with van der Waals surface area (Å²) in [6, 6.07) is 3.62. The van der Waals surface area contributed by atoms with Crippen LogP contribution in [-0.4, -0.2) is 18.1 Å². The van der Waals surface area contributed by atoms with Gasteiger partial charge >= 0.3 is 5.97 Å². The molecule has 0 spiro atoms. The van der Waals surface area contributed by atoms with Gasteiger partial charge in [0.25, 0.3) is 0 Å². The molecule has 1 atom stereocenters. The fourth-order valence-electron chi connectivity index (χ4n) is 1.43. The molecule has 0 radical (unpaired) electrons. The molecule has 0 amide bonds. The van der Waals surface area contributed by atoms with Crippen molar-refractivity contribution in [2.24, 2.45) is 11.1 Å². The fraction of sp³-hybridized carbons (Fsp3) is 0.615. The highest BCUT2D eigenvalue weighted by Gasteiger charge is 2.36. The Balaban J connectivity index is 2.77. The monoisotopic (exact) mass is 239 g/mol. The smallest absolute Gasteiger partial charge is 0.314 e. The quantitative estimate of drug-likeness (QED) is 0.817. The van der Waals surface area contributed by atoms with Gasteiger partial charge in [0.15, 0.2) is 0 Å². The summed E-state index contributed by atoms with van der Waals surface area (Å²) in [6.07, 6.45) is 2.03. The Morgan fingerprint density at radius 1 is 1.41 bits per heavy atom. The van der Waals surface area contributed by atoms with E-state index in [4.69, 9.17) is 14.9 Å². The lowest BCUT2D eigenvalue weighted by Gasteiger charge is -2.29. The zero-order valence-electron chi connectivity index (χ0n) is 10.9. The molecule has 1 rings (SSSR count). The molecule has 0 bridgehead atoms. The Bertz CT molecular complexity index is 365. The van der Waals surface area contributed by atoms with Gasteiger partial charge in [0.05, 0.1) is 11.7 Å². The summed E-state index contributed by atoms with van der Waals surface area (Å²) in [5.41, 5.74) is 4.45. The van der Waals surface area contributed by atoms with Crippen molar-refractivity contribution in [2.75, 3.05) is 6.54 Å². The van der Waals surface area contributed by atoms with Gasteiger partial charge in [-0.2, -0.15) is 0 Å². The van der Waals surface area contributed by atoms with Crippen LogP contribution in [0.3, 0.4) is 0 Å². The number of hydrogen-bond acceptors (Lipinski definition) is 4. The first-order valence-corrected chi connectivity index (χ1v) is 5.73. The molecule has 0 fully saturated rings. The van der Waals surface area contributed by atoms with E-state index in [1.807, 2.05) is 26.8 Å². The number of ether oxygens (including phenoxy) is 1. The molecule has 0 saturated heterocycles. The molecule has 1 aromatic rings. The van der Waals surface area contributed by atoms with Crippen LogP contribution in [0.5, 0.6) is 0 Å². The first-order valence-electron chi connectivity index (χ1n) is 5.73. The number of rotatable bonds is 4. The van der Waals surface area contributed by atoms with E-state index in [-0.39, 0.29) is 12.5 Å². The maximum absolute atomic E-state index is 12.1. The second-order valence-electron chi connectivity index (χ2n) is 5.52. The van der Waals surface area contributed by atoms with E-state index >= 15 is 0 Å². The first-order chi connectivity index (χ1) is 7.77. The predicted octanol–water partition coefficient (Wildman–Crippen LogP) is 2.13. The molecule has 0 aliphatic carbocycles. The molecule has 4 nitrogen and oxygen atoms in total. The topological polar surface area (TPSA) is 65.5 Å². The number of carbonyl (C=O) groups is 1. The van der Waals surface area contributed by atoms with Crippen LogP contribution in [0.4, 0.5) is 0 Å². The van der Waals surface area contributed by atoms with E-state index in [1.165, 1.54) is 0 Å². The summed E-state index contributed by atoms with van der Waals surface area (Å²) in [6.45, 7) is 7.55. The number of carbonyl (C=O) groups excluding carboxylic acids is 1. The molecule has 2 N–H and O–H groups in total. The third kappa shape index (κ3) is 3.89. The van der Waals surface area contributed by atoms with Crippen LogP contribution in [0.25, 0.3) is 0 Å². The molecule has 0 aliphatic heterocycles. The summed E-state index contributed by atoms with van der Waals surface area (Å²) >= 11 is 0. The molecule has 17 heavy (non-hydrogen) atoms. The maximum Gasteiger partial charge on any atom is 0.314 e. The van der Waals surface area contributed by atoms with Gasteiger partial charge in [0, 0.05) is 13.0 Å². The van der Waals surface area contributed by atoms with E-state index in [9.17, 15) is 4.79 Å². The van der Waals surface area contributed by atoms with Crippen LogP contribution in [0.2, 0.25) is 0 Å². The maximum atomic E-state index is 12.1. The molecule has 1 heterocycles. The minimum atomic E-state index is -0.745. The highest BCUT2D eigenvalue weighted by molar-refractivity contribution is 5.77. The third-order valence-electron chi connectivity index (χ3n) is 2.49. The van der Waals surface area contributed by atoms with E-state index in [2.05, 4.69) is 0 Å². The van der Waals surface area contributed by atoms with Crippen molar-refractivity contribution in [3.63, 3.8) is 0 Å². The van der Waals surface area contributed by atoms with Crippen LogP contribution >= 0.6 is 0 Å². The zero-order valence-corrected chi connectivity index (χ0v) is 10.9. The minimum absolute atomic E-state index is 0.225. The number of esters is 1. The van der Waals surface area contributed by atoms with Crippen molar-refractivity contribution in [1.29, 1.82) is 0 Å². The molecule has 0 aliphatic rings. The van der Waals surface area contributed by atoms with Gasteiger partial charge in [0.1, 0.15) is 11.4 Å². The van der Waals surface area contributed by atoms with Crippen molar-refractivity contribution in [1.82, 2.24) is 0 Å². The van der Waals surface area contributed by atoms with Crippen LogP contribution in [0, 0.1) is 5.41 Å². The van der Waals surface area contributed by atoms with Gasteiger partial charge in [-0.25, -0.2) is 0 Å². The lowest BCUT2D eigenvalue weighted by atomic mass is 9.85. The van der Waals surface area contributed by atoms with Crippen LogP contribution in [0.15, 0.2) is 22.8 Å². The van der Waals surface area contributed by atoms with Crippen molar-refractivity contribution < 1.29 is 13.9 Å². The number of hydrogen-bond donors (Lipinski definition) is 1. The molecule has 96 valence electrons. The van der Waals surface area contributed by atoms with Gasteiger partial charge < -0.3 is 14.9 Å². The van der Waals surface area contributed by atoms with Crippen LogP contribution in [0.1, 0.15) is 33.5 Å². The highest BCUT2D eigenvalue weighted by Crippen LogP contribution is 2.26. The van der Waals surface area contributed by atoms with Crippen LogP contribution in [-0.2, 0) is 16.0 Å². The van der Waals surface area contributed by atoms with Gasteiger partial charge in [-0.3, -0.25) is 4.79 Å². The summed E-state index contributed by atoms with van der Waals surface area (Å²) in [5.74, 6) is 0.452. The average molecular weight is 239 g/mol. The minimum Gasteiger partial charge on any atom is -0.469 e. The number of furan rings is 1. The lowest BCUT2D eigenvalue weighted by molar-refractivity contribution is -0.166. The largest absolute Gasteiger partial charge is 0.469 e. The Kier molecular flexibility index (Phi) is 3.98. The lowest BCUT2D eigenvalue weighted by Crippen LogP contribution is -2.42. The Morgan fingerprint density at radius 3 is 2.47 bits per heavy atom. The average Bonchev–Trinajstić information content (AvgIpc) is 2.67. The molecule has 1 unspecified atom stereocenters. The SMILES string of the molecule is CC(C)(C)OC(=O)C(C)(CN)Cc1ccco1. The normalized spacial score (nSPS) is 15.4. The molecule has 1 aromatic heterocycles. The second-order valence-corrected chi connectivity index (χ2v) is 5.52. The van der Waals surface area contributed by atoms with Crippen molar-refractivity contribution in [3.8, 4) is 0 Å². The van der Waals surface area contributed by atoms with Crippen LogP contribution < -0.4 is 5.73 Å². The van der Waals surface area contributed by atoms with Gasteiger partial charge in [-0.05, 0) is 39.8 Å². The van der Waals surface area contributed by atoms with E-state index < -0.39 is 11.0 Å². The molecule has 0 aromatic carbocycles. The third-order valence-corrected chi connectivity index (χ3v) is 2.49. The van der Waals surface area contributed by atoms with E-state index in [0.717, 1.165) is 5.76 Å². The summed E-state index contributed by atoms with van der Waals surface area (Å²) < 4.78 is 10.6. The Morgan fingerprint density at radius 2 is 2.06 bits per heavy atom. The Labute approximate surface area is 102 Å². The van der Waals surface area contributed by atoms with E-state index in [1.54, 1.807) is 19.3 Å². The van der Waals surface area contributed by atoms with Crippen molar-refractivity contribution in [3.05, 3.63) is 24.2 Å². The fourth-order valence-corrected chi connectivity index (χ4v) is 1.43. The highest BCUT2D eigenvalue weighted by atomic mass is 16.6. The number of nitrogens with two attached hydrogens (primary N) is 1. The first kappa shape index (κ1) is 13.8. The van der Waals surface area contributed by atoms with Gasteiger partial charge in [-0.1, -0.05) is 0 Å². The molecular formula is C13H21NO3. The van der Waals surface area contributed by atoms with Crippen molar-refractivity contribution in [2.45, 2.75) is 39.7 Å². The molecular weight excluding hydrogens is 218 g/mol. The molecule has 4 heteroatoms. The predicted molar refractivity (Wildman–Crippen MR) is 65.4 cm³/mol. The summed E-state index contributed by atoms with van der Waals surface area (Å²) in [5, 5.41) is 0. The second kappa shape index (κ2) is 4.92. The molecule has 0 saturated carbocycles. The summed E-state index contributed by atoms with van der Waals surface area (Å²) in [7, 11) is 0. The van der Waals surface area contributed by atoms with E-state index in [0.29, 0.717) is 6.42 Å². The van der Waals surface area contributed by atoms with Gasteiger partial charge in [-0.15, -0.1) is 0 Å². The Hall–Kier alpha value is -1.29. The zero-order chi connectivity index (χ0) is 13.1. The standard InChI is InChI=1S/C13H21NO3/c1-12(2,3)17-11(15)13(4,9-14)8-10-6-5-7-16-10/h5-7H,8-9,14H2,1-4H3.